The molecule has 0 saturated carbocycles. The molecule has 1 aromatic rings. The van der Waals surface area contributed by atoms with Gasteiger partial charge in [-0.15, -0.1) is 0 Å². The van der Waals surface area contributed by atoms with Gasteiger partial charge in [-0.3, -0.25) is 4.79 Å². The Kier molecular flexibility index (Phi) is 5.21. The predicted octanol–water partition coefficient (Wildman–Crippen LogP) is 1.89. The topological polar surface area (TPSA) is 89.7 Å². The van der Waals surface area contributed by atoms with Gasteiger partial charge in [0.1, 0.15) is 9.92 Å². The lowest BCUT2D eigenvalue weighted by molar-refractivity contribution is -0.122. The fourth-order valence-electron chi connectivity index (χ4n) is 2.43. The van der Waals surface area contributed by atoms with E-state index in [-0.39, 0.29) is 39.7 Å². The fraction of sp³-hybridized carbons (Fsp3) is 0.462. The van der Waals surface area contributed by atoms with Crippen molar-refractivity contribution in [3.63, 3.8) is 0 Å². The number of nitrogens with zero attached hydrogens (tertiary/aromatic N) is 1. The van der Waals surface area contributed by atoms with Gasteiger partial charge in [-0.2, -0.15) is 4.31 Å². The number of nitrogens with two attached hydrogens (primary N) is 1. The van der Waals surface area contributed by atoms with Crippen molar-refractivity contribution in [1.82, 2.24) is 4.31 Å². The third kappa shape index (κ3) is 3.17. The number of carbonyl (C=O) groups excluding carboxylic acids is 1. The number of sulfonamides is 1. The van der Waals surface area contributed by atoms with Crippen LogP contribution in [0.25, 0.3) is 0 Å². The molecule has 1 aliphatic rings. The van der Waals surface area contributed by atoms with Crippen LogP contribution in [0.2, 0.25) is 10.0 Å². The summed E-state index contributed by atoms with van der Waals surface area (Å²) >= 11 is 11.9. The molecule has 2 rings (SSSR count). The number of primary amides is 1. The summed E-state index contributed by atoms with van der Waals surface area (Å²) in [5.74, 6) is -0.669. The second-order valence-electron chi connectivity index (χ2n) is 4.97. The van der Waals surface area contributed by atoms with Crippen LogP contribution < -0.4 is 10.5 Å². The number of benzene rings is 1. The fourth-order valence-corrected chi connectivity index (χ4v) is 4.50. The molecule has 1 aromatic carbocycles. The van der Waals surface area contributed by atoms with Gasteiger partial charge in [0.2, 0.25) is 15.9 Å². The molecule has 0 aliphatic carbocycles. The molecule has 2 N–H and O–H groups in total. The molecular formula is C13H16Cl2N2O4S. The Hall–Kier alpha value is -1.02. The smallest absolute Gasteiger partial charge is 0.246 e. The number of methoxy groups -OCH3 is 1. The van der Waals surface area contributed by atoms with Crippen LogP contribution in [0.15, 0.2) is 17.0 Å². The van der Waals surface area contributed by atoms with Gasteiger partial charge >= 0.3 is 0 Å². The van der Waals surface area contributed by atoms with Crippen molar-refractivity contribution in [2.45, 2.75) is 17.7 Å². The highest BCUT2D eigenvalue weighted by Gasteiger charge is 2.33. The van der Waals surface area contributed by atoms with Gasteiger partial charge in [-0.05, 0) is 25.0 Å². The van der Waals surface area contributed by atoms with Crippen LogP contribution in [-0.4, -0.2) is 38.8 Å². The Morgan fingerprint density at radius 1 is 1.32 bits per heavy atom. The number of carbonyl (C=O) groups is 1. The van der Waals surface area contributed by atoms with E-state index < -0.39 is 15.9 Å². The molecule has 1 saturated heterocycles. The van der Waals surface area contributed by atoms with E-state index >= 15 is 0 Å². The number of piperidine rings is 1. The summed E-state index contributed by atoms with van der Waals surface area (Å²) in [5.41, 5.74) is 5.26. The molecule has 1 aliphatic heterocycles. The minimum Gasteiger partial charge on any atom is -0.494 e. The Bertz CT molecular complexity index is 686. The molecular weight excluding hydrogens is 351 g/mol. The number of rotatable bonds is 4. The van der Waals surface area contributed by atoms with E-state index in [4.69, 9.17) is 33.7 Å². The van der Waals surface area contributed by atoms with Gasteiger partial charge < -0.3 is 10.5 Å². The maximum absolute atomic E-state index is 12.7. The van der Waals surface area contributed by atoms with Crippen molar-refractivity contribution in [2.24, 2.45) is 11.7 Å². The third-order valence-electron chi connectivity index (χ3n) is 3.69. The Labute approximate surface area is 139 Å². The van der Waals surface area contributed by atoms with Gasteiger partial charge in [-0.1, -0.05) is 23.2 Å². The third-order valence-corrected chi connectivity index (χ3v) is 6.40. The maximum Gasteiger partial charge on any atom is 0.246 e. The molecule has 22 heavy (non-hydrogen) atoms. The van der Waals surface area contributed by atoms with Crippen molar-refractivity contribution < 1.29 is 17.9 Å². The predicted molar refractivity (Wildman–Crippen MR) is 83.7 cm³/mol. The highest BCUT2D eigenvalue weighted by atomic mass is 35.5. The molecule has 9 heteroatoms. The minimum absolute atomic E-state index is 0.0196. The molecule has 0 unspecified atom stereocenters. The molecule has 0 bridgehead atoms. The van der Waals surface area contributed by atoms with Crippen molar-refractivity contribution in [2.75, 3.05) is 20.2 Å². The van der Waals surface area contributed by atoms with Gasteiger partial charge in [0, 0.05) is 19.0 Å². The first-order chi connectivity index (χ1) is 10.3. The minimum atomic E-state index is -3.78. The molecule has 1 fully saturated rings. The Balaban J connectivity index is 2.33. The number of hydrogen-bond donors (Lipinski definition) is 1. The SMILES string of the molecule is COc1c(S(=O)(=O)N2CCC(C(N)=O)CC2)ccc(Cl)c1Cl. The number of halogens is 2. The molecule has 0 atom stereocenters. The Morgan fingerprint density at radius 3 is 2.41 bits per heavy atom. The number of hydrogen-bond acceptors (Lipinski definition) is 4. The van der Waals surface area contributed by atoms with Crippen molar-refractivity contribution in [3.8, 4) is 5.75 Å². The summed E-state index contributed by atoms with van der Waals surface area (Å²) in [7, 11) is -2.45. The number of ether oxygens (including phenoxy) is 1. The van der Waals surface area contributed by atoms with E-state index in [1.807, 2.05) is 0 Å². The summed E-state index contributed by atoms with van der Waals surface area (Å²) in [6, 6.07) is 2.78. The van der Waals surface area contributed by atoms with E-state index in [9.17, 15) is 13.2 Å². The molecule has 0 radical (unpaired) electrons. The van der Waals surface area contributed by atoms with E-state index in [2.05, 4.69) is 0 Å². The number of amides is 1. The lowest BCUT2D eigenvalue weighted by Crippen LogP contribution is -2.41. The molecule has 0 aromatic heterocycles. The van der Waals surface area contributed by atoms with Crippen LogP contribution in [-0.2, 0) is 14.8 Å². The van der Waals surface area contributed by atoms with E-state index in [0.29, 0.717) is 12.8 Å². The summed E-state index contributed by atoms with van der Waals surface area (Å²) in [6.07, 6.45) is 0.802. The molecule has 0 spiro atoms. The van der Waals surface area contributed by atoms with Crippen LogP contribution in [0, 0.1) is 5.92 Å². The first-order valence-electron chi connectivity index (χ1n) is 6.60. The highest BCUT2D eigenvalue weighted by molar-refractivity contribution is 7.89. The molecule has 1 heterocycles. The second-order valence-corrected chi connectivity index (χ2v) is 7.67. The van der Waals surface area contributed by atoms with Crippen LogP contribution in [0.5, 0.6) is 5.75 Å². The quantitative estimate of drug-likeness (QED) is 0.880. The standard InChI is InChI=1S/C13H16Cl2N2O4S/c1-21-12-10(3-2-9(14)11(12)15)22(19,20)17-6-4-8(5-7-17)13(16)18/h2-3,8H,4-7H2,1H3,(H2,16,18). The largest absolute Gasteiger partial charge is 0.494 e. The zero-order chi connectivity index (χ0) is 16.5. The van der Waals surface area contributed by atoms with Crippen molar-refractivity contribution in [3.05, 3.63) is 22.2 Å². The maximum atomic E-state index is 12.7. The molecule has 1 amide bonds. The van der Waals surface area contributed by atoms with Crippen LogP contribution in [0.3, 0.4) is 0 Å². The normalized spacial score (nSPS) is 17.4. The average molecular weight is 367 g/mol. The average Bonchev–Trinajstić information content (AvgIpc) is 2.49. The van der Waals surface area contributed by atoms with Crippen LogP contribution in [0.4, 0.5) is 0 Å². The summed E-state index contributed by atoms with van der Waals surface area (Å²) in [4.78, 5) is 11.1. The first kappa shape index (κ1) is 17.3. The zero-order valence-electron chi connectivity index (χ0n) is 11.9. The summed E-state index contributed by atoms with van der Waals surface area (Å²) in [5, 5.41) is 0.266. The first-order valence-corrected chi connectivity index (χ1v) is 8.80. The van der Waals surface area contributed by atoms with E-state index in [1.54, 1.807) is 0 Å². The van der Waals surface area contributed by atoms with Gasteiger partial charge in [0.05, 0.1) is 12.1 Å². The molecule has 6 nitrogen and oxygen atoms in total. The highest BCUT2D eigenvalue weighted by Crippen LogP contribution is 2.39. The van der Waals surface area contributed by atoms with E-state index in [0.717, 1.165) is 0 Å². The lowest BCUT2D eigenvalue weighted by atomic mass is 9.98. The van der Waals surface area contributed by atoms with E-state index in [1.165, 1.54) is 23.5 Å². The monoisotopic (exact) mass is 366 g/mol. The summed E-state index contributed by atoms with van der Waals surface area (Å²) < 4.78 is 31.9. The van der Waals surface area contributed by atoms with Gasteiger partial charge in [0.25, 0.3) is 0 Å². The lowest BCUT2D eigenvalue weighted by Gasteiger charge is -2.30. The van der Waals surface area contributed by atoms with Gasteiger partial charge in [0.15, 0.2) is 5.75 Å². The summed E-state index contributed by atoms with van der Waals surface area (Å²) in [6.45, 7) is 0.443. The van der Waals surface area contributed by atoms with Crippen LogP contribution in [0.1, 0.15) is 12.8 Å². The molecule has 122 valence electrons. The van der Waals surface area contributed by atoms with Crippen LogP contribution >= 0.6 is 23.2 Å². The second kappa shape index (κ2) is 6.62. The van der Waals surface area contributed by atoms with Gasteiger partial charge in [-0.25, -0.2) is 8.42 Å². The Morgan fingerprint density at radius 2 is 1.91 bits per heavy atom. The van der Waals surface area contributed by atoms with Crippen molar-refractivity contribution in [1.29, 1.82) is 0 Å². The zero-order valence-corrected chi connectivity index (χ0v) is 14.2. The van der Waals surface area contributed by atoms with Crippen molar-refractivity contribution >= 4 is 39.1 Å².